The molecule has 1 saturated heterocycles. The van der Waals surface area contributed by atoms with Crippen LogP contribution in [-0.2, 0) is 11.3 Å². The molecule has 2 N–H and O–H groups in total. The molecule has 2 aliphatic heterocycles. The summed E-state index contributed by atoms with van der Waals surface area (Å²) in [5.41, 5.74) is 3.77. The molecule has 1 aromatic rings. The molecule has 1 aromatic carbocycles. The molecule has 1 amide bonds. The average molecular weight is 289 g/mol. The minimum Gasteiger partial charge on any atom is -0.504 e. The summed E-state index contributed by atoms with van der Waals surface area (Å²) in [6.07, 6.45) is 3.02. The van der Waals surface area contributed by atoms with E-state index in [0.717, 1.165) is 31.7 Å². The number of piperazine rings is 1. The van der Waals surface area contributed by atoms with Gasteiger partial charge in [0, 0.05) is 49.9 Å². The van der Waals surface area contributed by atoms with Crippen molar-refractivity contribution in [2.24, 2.45) is 0 Å². The molecular weight excluding hydrogens is 270 g/mol. The van der Waals surface area contributed by atoms with Gasteiger partial charge in [-0.15, -0.1) is 0 Å². The van der Waals surface area contributed by atoms with E-state index in [2.05, 4.69) is 22.3 Å². The van der Waals surface area contributed by atoms with Crippen molar-refractivity contribution in [3.8, 4) is 11.5 Å². The molecule has 0 aromatic heterocycles. The maximum Gasteiger partial charge on any atom is 0.276 e. The number of carbonyl (C=O) groups is 1. The van der Waals surface area contributed by atoms with Crippen LogP contribution in [0.2, 0.25) is 0 Å². The summed E-state index contributed by atoms with van der Waals surface area (Å²) in [4.78, 5) is 21.1. The van der Waals surface area contributed by atoms with E-state index in [9.17, 15) is 9.90 Å². The first kappa shape index (κ1) is 13.9. The number of nitrogens with zero attached hydrogens (tertiary/aromatic N) is 2. The Morgan fingerprint density at radius 2 is 2.00 bits per heavy atom. The predicted octanol–water partition coefficient (Wildman–Crippen LogP) is 0.576. The highest BCUT2D eigenvalue weighted by Crippen LogP contribution is 2.35. The Morgan fingerprint density at radius 3 is 2.76 bits per heavy atom. The third-order valence-electron chi connectivity index (χ3n) is 3.90. The van der Waals surface area contributed by atoms with Crippen LogP contribution in [0.4, 0.5) is 0 Å². The van der Waals surface area contributed by atoms with Gasteiger partial charge in [-0.25, -0.2) is 0 Å². The highest BCUT2D eigenvalue weighted by Gasteiger charge is 2.20. The molecule has 2 heterocycles. The Balaban J connectivity index is 1.79. The molecule has 3 rings (SSSR count). The number of nitrogens with one attached hydrogen (secondary N) is 1. The summed E-state index contributed by atoms with van der Waals surface area (Å²) < 4.78 is 0. The highest BCUT2D eigenvalue weighted by molar-refractivity contribution is 5.92. The largest absolute Gasteiger partial charge is 0.504 e. The summed E-state index contributed by atoms with van der Waals surface area (Å²) >= 11 is 0. The van der Waals surface area contributed by atoms with E-state index in [1.165, 1.54) is 6.08 Å². The maximum absolute atomic E-state index is 11.3. The first-order valence-corrected chi connectivity index (χ1v) is 7.04. The van der Waals surface area contributed by atoms with E-state index < -0.39 is 0 Å². The number of carbonyl (C=O) groups excluding carboxylic acids is 1. The van der Waals surface area contributed by atoms with Crippen LogP contribution in [0.25, 0.3) is 6.08 Å². The summed E-state index contributed by atoms with van der Waals surface area (Å²) in [6, 6.07) is 3.74. The summed E-state index contributed by atoms with van der Waals surface area (Å²) in [7, 11) is 2.11. The molecule has 112 valence electrons. The lowest BCUT2D eigenvalue weighted by Crippen LogP contribution is -2.43. The van der Waals surface area contributed by atoms with Crippen LogP contribution >= 0.6 is 0 Å². The quantitative estimate of drug-likeness (QED) is 0.833. The number of hydroxylamine groups is 1. The van der Waals surface area contributed by atoms with Gasteiger partial charge in [-0.05, 0) is 13.1 Å². The Kier molecular flexibility index (Phi) is 3.81. The van der Waals surface area contributed by atoms with Gasteiger partial charge in [0.25, 0.3) is 5.91 Å². The smallest absolute Gasteiger partial charge is 0.276 e. The van der Waals surface area contributed by atoms with E-state index in [-0.39, 0.29) is 11.7 Å². The zero-order valence-corrected chi connectivity index (χ0v) is 12.0. The molecule has 6 heteroatoms. The number of amides is 1. The van der Waals surface area contributed by atoms with E-state index in [0.29, 0.717) is 17.9 Å². The summed E-state index contributed by atoms with van der Waals surface area (Å²) in [5.74, 6) is 0.0632. The average Bonchev–Trinajstić information content (AvgIpc) is 2.67. The van der Waals surface area contributed by atoms with E-state index >= 15 is 0 Å². The number of phenolic OH excluding ortho intramolecular Hbond substituents is 1. The third-order valence-corrected chi connectivity index (χ3v) is 3.90. The third kappa shape index (κ3) is 3.01. The monoisotopic (exact) mass is 289 g/mol. The van der Waals surface area contributed by atoms with Crippen molar-refractivity contribution >= 4 is 12.0 Å². The molecule has 0 atom stereocenters. The molecule has 1 fully saturated rings. The van der Waals surface area contributed by atoms with E-state index in [1.54, 1.807) is 6.08 Å². The van der Waals surface area contributed by atoms with Crippen molar-refractivity contribution in [2.75, 3.05) is 33.2 Å². The van der Waals surface area contributed by atoms with Crippen LogP contribution in [0.1, 0.15) is 11.1 Å². The molecule has 0 spiro atoms. The van der Waals surface area contributed by atoms with Crippen LogP contribution in [0.15, 0.2) is 18.2 Å². The van der Waals surface area contributed by atoms with E-state index in [1.807, 2.05) is 12.1 Å². The predicted molar refractivity (Wildman–Crippen MR) is 78.7 cm³/mol. The van der Waals surface area contributed by atoms with Crippen molar-refractivity contribution < 1.29 is 14.7 Å². The molecular formula is C15H19N3O3. The highest BCUT2D eigenvalue weighted by atomic mass is 16.7. The number of hydrogen-bond acceptors (Lipinski definition) is 5. The fourth-order valence-electron chi connectivity index (χ4n) is 2.54. The minimum absolute atomic E-state index is 0.0956. The number of phenols is 1. The SMILES string of the molecule is CN1CCN(Cc2ccc3c(c2O)ONC(=O)C=C3)CC1. The van der Waals surface area contributed by atoms with Gasteiger partial charge in [-0.3, -0.25) is 9.69 Å². The van der Waals surface area contributed by atoms with Crippen LogP contribution < -0.4 is 10.3 Å². The topological polar surface area (TPSA) is 65.0 Å². The number of likely N-dealkylation sites (N-methyl/N-ethyl adjacent to an activating group) is 1. The Bertz CT molecular complexity index is 578. The first-order chi connectivity index (χ1) is 10.1. The van der Waals surface area contributed by atoms with Crippen LogP contribution in [0, 0.1) is 0 Å². The Morgan fingerprint density at radius 1 is 1.24 bits per heavy atom. The van der Waals surface area contributed by atoms with Gasteiger partial charge < -0.3 is 14.8 Å². The molecule has 0 aliphatic carbocycles. The van der Waals surface area contributed by atoms with Gasteiger partial charge in [0.05, 0.1) is 0 Å². The first-order valence-electron chi connectivity index (χ1n) is 7.04. The number of aromatic hydroxyl groups is 1. The standard InChI is InChI=1S/C15H19N3O3/c1-17-6-8-18(9-7-17)10-12-3-2-11-4-5-13(19)16-21-15(11)14(12)20/h2-5,20H,6-10H2,1H3,(H,16,19). The molecule has 6 nitrogen and oxygen atoms in total. The summed E-state index contributed by atoms with van der Waals surface area (Å²) in [5, 5.41) is 10.4. The van der Waals surface area contributed by atoms with Gasteiger partial charge >= 0.3 is 0 Å². The Hall–Kier alpha value is -2.05. The second-order valence-corrected chi connectivity index (χ2v) is 5.47. The number of rotatable bonds is 2. The van der Waals surface area contributed by atoms with Gasteiger partial charge in [0.15, 0.2) is 5.75 Å². The van der Waals surface area contributed by atoms with Crippen LogP contribution in [-0.4, -0.2) is 54.0 Å². The van der Waals surface area contributed by atoms with E-state index in [4.69, 9.17) is 4.84 Å². The van der Waals surface area contributed by atoms with Crippen molar-refractivity contribution in [1.82, 2.24) is 15.3 Å². The lowest BCUT2D eigenvalue weighted by atomic mass is 10.1. The molecule has 0 bridgehead atoms. The Labute approximate surface area is 123 Å². The van der Waals surface area contributed by atoms with Gasteiger partial charge in [-0.1, -0.05) is 12.1 Å². The molecule has 0 radical (unpaired) electrons. The molecule has 21 heavy (non-hydrogen) atoms. The van der Waals surface area contributed by atoms with Gasteiger partial charge in [0.1, 0.15) is 0 Å². The van der Waals surface area contributed by atoms with Crippen molar-refractivity contribution in [1.29, 1.82) is 0 Å². The lowest BCUT2D eigenvalue weighted by molar-refractivity contribution is -0.122. The number of fused-ring (bicyclic) bond motifs is 1. The fourth-order valence-corrected chi connectivity index (χ4v) is 2.54. The normalized spacial score (nSPS) is 19.6. The molecule has 0 saturated carbocycles. The zero-order chi connectivity index (χ0) is 14.8. The summed E-state index contributed by atoms with van der Waals surface area (Å²) in [6.45, 7) is 4.69. The van der Waals surface area contributed by atoms with Gasteiger partial charge in [0.2, 0.25) is 5.75 Å². The number of benzene rings is 1. The number of hydrogen-bond donors (Lipinski definition) is 2. The molecule has 0 unspecified atom stereocenters. The van der Waals surface area contributed by atoms with Crippen molar-refractivity contribution in [3.05, 3.63) is 29.3 Å². The van der Waals surface area contributed by atoms with Gasteiger partial charge in [-0.2, -0.15) is 5.48 Å². The second-order valence-electron chi connectivity index (χ2n) is 5.47. The van der Waals surface area contributed by atoms with Crippen molar-refractivity contribution in [2.45, 2.75) is 6.54 Å². The van der Waals surface area contributed by atoms with Crippen molar-refractivity contribution in [3.63, 3.8) is 0 Å². The van der Waals surface area contributed by atoms with Crippen LogP contribution in [0.5, 0.6) is 11.5 Å². The second kappa shape index (κ2) is 5.75. The molecule has 2 aliphatic rings. The maximum atomic E-state index is 11.3. The lowest BCUT2D eigenvalue weighted by Gasteiger charge is -2.32. The fraction of sp³-hybridized carbons (Fsp3) is 0.400. The van der Waals surface area contributed by atoms with Crippen LogP contribution in [0.3, 0.4) is 0 Å². The zero-order valence-electron chi connectivity index (χ0n) is 12.0. The minimum atomic E-state index is -0.341.